The molecule has 0 saturated carbocycles. The molecule has 0 unspecified atom stereocenters. The van der Waals surface area contributed by atoms with Gasteiger partial charge in [0.15, 0.2) is 0 Å². The normalized spacial score (nSPS) is 10.5. The topological polar surface area (TPSA) is 61.0 Å². The first-order valence-electron chi connectivity index (χ1n) is 6.00. The van der Waals surface area contributed by atoms with E-state index in [-0.39, 0.29) is 0 Å². The molecule has 0 saturated heterocycles. The van der Waals surface area contributed by atoms with Crippen LogP contribution >= 0.6 is 11.8 Å². The summed E-state index contributed by atoms with van der Waals surface area (Å²) in [6, 6.07) is 7.86. The summed E-state index contributed by atoms with van der Waals surface area (Å²) in [5, 5.41) is 9.29. The van der Waals surface area contributed by atoms with E-state index in [1.165, 1.54) is 0 Å². The molecule has 19 heavy (non-hydrogen) atoms. The van der Waals surface area contributed by atoms with Gasteiger partial charge >= 0.3 is 0 Å². The molecule has 2 rings (SSSR count). The minimum Gasteiger partial charge on any atom is -0.497 e. The number of methoxy groups -OCH3 is 1. The highest BCUT2D eigenvalue weighted by atomic mass is 32.2. The Balaban J connectivity index is 2.29. The Hall–Kier alpha value is -1.59. The molecule has 100 valence electrons. The average Bonchev–Trinajstić information content (AvgIpc) is 2.44. The Labute approximate surface area is 117 Å². The van der Waals surface area contributed by atoms with Gasteiger partial charge in [-0.15, -0.1) is 5.10 Å². The lowest BCUT2D eigenvalue weighted by molar-refractivity contribution is 0.414. The van der Waals surface area contributed by atoms with Crippen molar-refractivity contribution in [3.05, 3.63) is 41.1 Å². The minimum atomic E-state index is 0.473. The fraction of sp³-hybridized carbons (Fsp3) is 0.286. The molecule has 0 fully saturated rings. The minimum absolute atomic E-state index is 0.473. The third-order valence-electron chi connectivity index (χ3n) is 3.02. The van der Waals surface area contributed by atoms with Crippen molar-refractivity contribution >= 4 is 11.8 Å². The van der Waals surface area contributed by atoms with Crippen LogP contribution in [0.4, 0.5) is 0 Å². The van der Waals surface area contributed by atoms with Gasteiger partial charge in [-0.2, -0.15) is 5.10 Å². The smallest absolute Gasteiger partial charge is 0.128 e. The van der Waals surface area contributed by atoms with Crippen LogP contribution in [0.3, 0.4) is 0 Å². The predicted octanol–water partition coefficient (Wildman–Crippen LogP) is 2.71. The van der Waals surface area contributed by atoms with Gasteiger partial charge in [-0.3, -0.25) is 0 Å². The number of aromatic nitrogens is 2. The van der Waals surface area contributed by atoms with Crippen LogP contribution in [0.5, 0.6) is 5.75 Å². The lowest BCUT2D eigenvalue weighted by Crippen LogP contribution is -2.06. The lowest BCUT2D eigenvalue weighted by atomic mass is 10.1. The summed E-state index contributed by atoms with van der Waals surface area (Å²) >= 11 is 1.57. The van der Waals surface area contributed by atoms with Crippen molar-refractivity contribution in [1.82, 2.24) is 10.2 Å². The number of hydrogen-bond donors (Lipinski definition) is 1. The van der Waals surface area contributed by atoms with Gasteiger partial charge < -0.3 is 10.5 Å². The van der Waals surface area contributed by atoms with Gasteiger partial charge in [-0.05, 0) is 43.7 Å². The van der Waals surface area contributed by atoms with Gasteiger partial charge in [0.05, 0.1) is 12.8 Å². The van der Waals surface area contributed by atoms with Crippen LogP contribution in [-0.4, -0.2) is 17.3 Å². The maximum Gasteiger partial charge on any atom is 0.128 e. The summed E-state index contributed by atoms with van der Waals surface area (Å²) in [5.41, 5.74) is 8.93. The second kappa shape index (κ2) is 6.04. The Kier molecular flexibility index (Phi) is 4.39. The monoisotopic (exact) mass is 275 g/mol. The highest BCUT2D eigenvalue weighted by molar-refractivity contribution is 7.99. The van der Waals surface area contributed by atoms with Gasteiger partial charge in [0, 0.05) is 17.0 Å². The van der Waals surface area contributed by atoms with Gasteiger partial charge in [0.25, 0.3) is 0 Å². The average molecular weight is 275 g/mol. The summed E-state index contributed by atoms with van der Waals surface area (Å²) in [6.07, 6.45) is 0. The molecular formula is C14H17N3OS. The molecule has 0 spiro atoms. The lowest BCUT2D eigenvalue weighted by Gasteiger charge is -2.10. The van der Waals surface area contributed by atoms with Crippen molar-refractivity contribution in [2.75, 3.05) is 7.11 Å². The van der Waals surface area contributed by atoms with Gasteiger partial charge in [-0.25, -0.2) is 0 Å². The molecule has 2 N–H and O–H groups in total. The third kappa shape index (κ3) is 3.05. The van der Waals surface area contributed by atoms with Crippen molar-refractivity contribution in [3.8, 4) is 5.75 Å². The van der Waals surface area contributed by atoms with Crippen LogP contribution in [0.1, 0.15) is 16.8 Å². The van der Waals surface area contributed by atoms with Crippen LogP contribution in [0.15, 0.2) is 34.2 Å². The van der Waals surface area contributed by atoms with E-state index < -0.39 is 0 Å². The summed E-state index contributed by atoms with van der Waals surface area (Å²) < 4.78 is 5.14. The number of nitrogens with zero attached hydrogens (tertiary/aromatic N) is 2. The van der Waals surface area contributed by atoms with Crippen LogP contribution < -0.4 is 10.5 Å². The molecule has 5 heteroatoms. The van der Waals surface area contributed by atoms with E-state index in [0.717, 1.165) is 32.5 Å². The Morgan fingerprint density at radius 2 is 1.84 bits per heavy atom. The van der Waals surface area contributed by atoms with Crippen molar-refractivity contribution in [2.45, 2.75) is 30.3 Å². The third-order valence-corrected chi connectivity index (χ3v) is 4.05. The van der Waals surface area contributed by atoms with Crippen molar-refractivity contribution in [1.29, 1.82) is 0 Å². The zero-order valence-corrected chi connectivity index (χ0v) is 12.1. The molecule has 0 aliphatic carbocycles. The van der Waals surface area contributed by atoms with E-state index in [1.54, 1.807) is 18.9 Å². The van der Waals surface area contributed by atoms with Gasteiger partial charge in [0.1, 0.15) is 10.8 Å². The second-order valence-corrected chi connectivity index (χ2v) is 5.24. The summed E-state index contributed by atoms with van der Waals surface area (Å²) in [5.74, 6) is 0.842. The van der Waals surface area contributed by atoms with Crippen molar-refractivity contribution < 1.29 is 4.74 Å². The first kappa shape index (κ1) is 13.8. The number of hydrogen-bond acceptors (Lipinski definition) is 5. The molecule has 0 atom stereocenters. The predicted molar refractivity (Wildman–Crippen MR) is 76.5 cm³/mol. The highest BCUT2D eigenvalue weighted by Gasteiger charge is 2.11. The fourth-order valence-electron chi connectivity index (χ4n) is 1.71. The molecule has 0 aliphatic rings. The van der Waals surface area contributed by atoms with Crippen LogP contribution in [0, 0.1) is 13.8 Å². The molecule has 0 bridgehead atoms. The van der Waals surface area contributed by atoms with E-state index in [9.17, 15) is 0 Å². The summed E-state index contributed by atoms with van der Waals surface area (Å²) in [6.45, 7) is 4.45. The Morgan fingerprint density at radius 3 is 2.42 bits per heavy atom. The Bertz CT molecular complexity index is 570. The SMILES string of the molecule is COc1ccc(Sc2nnc(C)c(C)c2CN)cc1. The molecule has 1 heterocycles. The summed E-state index contributed by atoms with van der Waals surface area (Å²) in [7, 11) is 1.66. The zero-order chi connectivity index (χ0) is 13.8. The molecule has 0 radical (unpaired) electrons. The maximum atomic E-state index is 5.82. The van der Waals surface area contributed by atoms with Gasteiger partial charge in [-0.1, -0.05) is 11.8 Å². The first-order chi connectivity index (χ1) is 9.15. The molecule has 1 aromatic carbocycles. The quantitative estimate of drug-likeness (QED) is 0.929. The highest BCUT2D eigenvalue weighted by Crippen LogP contribution is 2.31. The molecule has 1 aromatic heterocycles. The zero-order valence-electron chi connectivity index (χ0n) is 11.3. The van der Waals surface area contributed by atoms with Crippen LogP contribution in [0.2, 0.25) is 0 Å². The number of ether oxygens (including phenoxy) is 1. The maximum absolute atomic E-state index is 5.82. The van der Waals surface area contributed by atoms with E-state index in [2.05, 4.69) is 10.2 Å². The number of benzene rings is 1. The largest absolute Gasteiger partial charge is 0.497 e. The molecular weight excluding hydrogens is 258 g/mol. The number of aryl methyl sites for hydroxylation is 1. The Morgan fingerprint density at radius 1 is 1.16 bits per heavy atom. The van der Waals surface area contributed by atoms with Crippen LogP contribution in [0.25, 0.3) is 0 Å². The number of nitrogens with two attached hydrogens (primary N) is 1. The first-order valence-corrected chi connectivity index (χ1v) is 6.82. The van der Waals surface area contributed by atoms with Gasteiger partial charge in [0.2, 0.25) is 0 Å². The standard InChI is InChI=1S/C14H17N3OS/c1-9-10(2)16-17-14(13(9)8-15)19-12-6-4-11(18-3)5-7-12/h4-7H,8,15H2,1-3H3. The van der Waals surface area contributed by atoms with E-state index in [0.29, 0.717) is 6.54 Å². The second-order valence-electron chi connectivity index (χ2n) is 4.18. The van der Waals surface area contributed by atoms with Crippen molar-refractivity contribution in [2.24, 2.45) is 5.73 Å². The summed E-state index contributed by atoms with van der Waals surface area (Å²) in [4.78, 5) is 1.09. The van der Waals surface area contributed by atoms with E-state index in [1.807, 2.05) is 38.1 Å². The van der Waals surface area contributed by atoms with Crippen LogP contribution in [-0.2, 0) is 6.54 Å². The van der Waals surface area contributed by atoms with E-state index >= 15 is 0 Å². The van der Waals surface area contributed by atoms with E-state index in [4.69, 9.17) is 10.5 Å². The molecule has 2 aromatic rings. The molecule has 0 aliphatic heterocycles. The molecule has 4 nitrogen and oxygen atoms in total. The fourth-order valence-corrected chi connectivity index (χ4v) is 2.65. The number of rotatable bonds is 4. The molecule has 0 amide bonds. The van der Waals surface area contributed by atoms with Crippen molar-refractivity contribution in [3.63, 3.8) is 0 Å².